The Morgan fingerprint density at radius 2 is 1.78 bits per heavy atom. The predicted octanol–water partition coefficient (Wildman–Crippen LogP) is 6.34. The van der Waals surface area contributed by atoms with Crippen LogP contribution < -0.4 is 15.6 Å². The van der Waals surface area contributed by atoms with E-state index >= 15 is 0 Å². The molecule has 1 fully saturated rings. The highest BCUT2D eigenvalue weighted by molar-refractivity contribution is 5.83. The van der Waals surface area contributed by atoms with E-state index in [0.717, 1.165) is 23.4 Å². The van der Waals surface area contributed by atoms with E-state index in [1.54, 1.807) is 35.4 Å². The summed E-state index contributed by atoms with van der Waals surface area (Å²) in [5, 5.41) is 16.9. The maximum absolute atomic E-state index is 14.2. The molecule has 0 atom stereocenters. The lowest BCUT2D eigenvalue weighted by Gasteiger charge is -2.27. The topological polar surface area (TPSA) is 94.9 Å². The lowest BCUT2D eigenvalue weighted by Crippen LogP contribution is -2.37. The lowest BCUT2D eigenvalue weighted by atomic mass is 9.98. The van der Waals surface area contributed by atoms with E-state index < -0.39 is 17.6 Å². The van der Waals surface area contributed by atoms with Crippen LogP contribution in [0.3, 0.4) is 0 Å². The van der Waals surface area contributed by atoms with Gasteiger partial charge in [-0.15, -0.1) is 0 Å². The van der Waals surface area contributed by atoms with Gasteiger partial charge in [0, 0.05) is 24.5 Å². The Labute approximate surface area is 233 Å². The van der Waals surface area contributed by atoms with Crippen molar-refractivity contribution in [2.45, 2.75) is 13.1 Å². The van der Waals surface area contributed by atoms with Gasteiger partial charge < -0.3 is 20.1 Å². The Morgan fingerprint density at radius 1 is 1.02 bits per heavy atom. The van der Waals surface area contributed by atoms with Gasteiger partial charge in [0.2, 0.25) is 5.95 Å². The maximum atomic E-state index is 14.2. The van der Waals surface area contributed by atoms with Crippen LogP contribution in [-0.2, 0) is 10.9 Å². The molecule has 3 N–H and O–H groups in total. The number of aromatic nitrogens is 2. The Hall–Kier alpha value is -4.71. The number of hydrazone groups is 1. The van der Waals surface area contributed by atoms with Crippen LogP contribution >= 0.6 is 0 Å². The summed E-state index contributed by atoms with van der Waals surface area (Å²) < 4.78 is 61.2. The highest BCUT2D eigenvalue weighted by atomic mass is 19.4. The molecule has 2 heterocycles. The maximum Gasteiger partial charge on any atom is 0.417 e. The first kappa shape index (κ1) is 27.8. The molecule has 0 radical (unpaired) electrons. The van der Waals surface area contributed by atoms with E-state index in [1.807, 2.05) is 6.92 Å². The number of rotatable bonds is 7. The third kappa shape index (κ3) is 6.72. The fourth-order valence-electron chi connectivity index (χ4n) is 4.42. The minimum atomic E-state index is -4.60. The van der Waals surface area contributed by atoms with Crippen molar-refractivity contribution in [1.29, 1.82) is 0 Å². The minimum Gasteiger partial charge on any atom is -0.508 e. The summed E-state index contributed by atoms with van der Waals surface area (Å²) in [5.74, 6) is -0.335. The molecular formula is C29H26F4N6O2. The van der Waals surface area contributed by atoms with E-state index in [2.05, 4.69) is 25.8 Å². The van der Waals surface area contributed by atoms with Gasteiger partial charge in [-0.3, -0.25) is 0 Å². The van der Waals surface area contributed by atoms with Crippen molar-refractivity contribution >= 4 is 29.4 Å². The van der Waals surface area contributed by atoms with Gasteiger partial charge in [-0.2, -0.15) is 23.3 Å². The quantitative estimate of drug-likeness (QED) is 0.137. The molecule has 1 aromatic heterocycles. The third-order valence-electron chi connectivity index (χ3n) is 6.45. The SMILES string of the molecule is Cc1cc(Nc2ccc(-c3cccc(O)c3)c(C(F)(F)F)c2)ccc1/C=N/Nc1ncc(F)c(N2CCOCC2)n1. The van der Waals surface area contributed by atoms with Crippen LogP contribution in [0.15, 0.2) is 72.0 Å². The van der Waals surface area contributed by atoms with Crippen LogP contribution in [0.4, 0.5) is 40.7 Å². The van der Waals surface area contributed by atoms with Crippen molar-refractivity contribution in [3.05, 3.63) is 89.4 Å². The van der Waals surface area contributed by atoms with E-state index in [9.17, 15) is 22.7 Å². The Bertz CT molecular complexity index is 1570. The fourth-order valence-corrected chi connectivity index (χ4v) is 4.42. The second-order valence-corrected chi connectivity index (χ2v) is 9.34. The van der Waals surface area contributed by atoms with E-state index in [-0.39, 0.29) is 34.3 Å². The molecular weight excluding hydrogens is 540 g/mol. The van der Waals surface area contributed by atoms with Gasteiger partial charge in [-0.05, 0) is 65.6 Å². The number of nitrogens with one attached hydrogen (secondary N) is 2. The van der Waals surface area contributed by atoms with Gasteiger partial charge in [0.15, 0.2) is 11.6 Å². The number of hydrogen-bond donors (Lipinski definition) is 3. The van der Waals surface area contributed by atoms with Gasteiger partial charge in [-0.1, -0.05) is 24.3 Å². The molecule has 1 aliphatic heterocycles. The van der Waals surface area contributed by atoms with Crippen LogP contribution in [0.25, 0.3) is 11.1 Å². The number of morpholine rings is 1. The van der Waals surface area contributed by atoms with Crippen molar-refractivity contribution in [2.75, 3.05) is 41.9 Å². The van der Waals surface area contributed by atoms with Gasteiger partial charge in [0.25, 0.3) is 0 Å². The zero-order valence-corrected chi connectivity index (χ0v) is 21.9. The van der Waals surface area contributed by atoms with Gasteiger partial charge in [0.1, 0.15) is 5.75 Å². The Balaban J connectivity index is 1.29. The monoisotopic (exact) mass is 566 g/mol. The van der Waals surface area contributed by atoms with Gasteiger partial charge in [-0.25, -0.2) is 14.8 Å². The molecule has 0 saturated carbocycles. The van der Waals surface area contributed by atoms with Crippen LogP contribution in [0.5, 0.6) is 5.75 Å². The first-order valence-electron chi connectivity index (χ1n) is 12.7. The van der Waals surface area contributed by atoms with E-state index in [0.29, 0.717) is 32.0 Å². The first-order chi connectivity index (χ1) is 19.7. The number of alkyl halides is 3. The highest BCUT2D eigenvalue weighted by Gasteiger charge is 2.34. The lowest BCUT2D eigenvalue weighted by molar-refractivity contribution is -0.137. The molecule has 0 amide bonds. The normalized spacial score (nSPS) is 13.9. The van der Waals surface area contributed by atoms with Crippen molar-refractivity contribution in [2.24, 2.45) is 5.10 Å². The third-order valence-corrected chi connectivity index (χ3v) is 6.45. The average Bonchev–Trinajstić information content (AvgIpc) is 2.95. The minimum absolute atomic E-state index is 0.0311. The molecule has 0 spiro atoms. The first-order valence-corrected chi connectivity index (χ1v) is 12.7. The number of anilines is 4. The summed E-state index contributed by atoms with van der Waals surface area (Å²) in [5.41, 5.74) is 4.52. The zero-order valence-electron chi connectivity index (χ0n) is 21.9. The molecule has 0 aliphatic carbocycles. The molecule has 1 saturated heterocycles. The van der Waals surface area contributed by atoms with Crippen molar-refractivity contribution in [1.82, 2.24) is 9.97 Å². The standard InChI is InChI=1S/C29H26F4N6O2/c1-18-13-21(36-22-7-8-24(25(15-22)29(31,32)33)19-3-2-4-23(40)14-19)6-5-20(18)16-35-38-28-34-17-26(30)27(37-28)39-9-11-41-12-10-39/h2-8,13-17,36,40H,9-12H2,1H3,(H,34,37,38)/b35-16+. The second kappa shape index (κ2) is 11.8. The summed E-state index contributed by atoms with van der Waals surface area (Å²) in [6, 6.07) is 14.9. The van der Waals surface area contributed by atoms with Crippen molar-refractivity contribution < 1.29 is 27.4 Å². The summed E-state index contributed by atoms with van der Waals surface area (Å²) in [6.45, 7) is 3.86. The van der Waals surface area contributed by atoms with Gasteiger partial charge >= 0.3 is 6.18 Å². The number of halogens is 4. The van der Waals surface area contributed by atoms with E-state index in [1.165, 1.54) is 30.3 Å². The van der Waals surface area contributed by atoms with E-state index in [4.69, 9.17) is 4.74 Å². The second-order valence-electron chi connectivity index (χ2n) is 9.34. The number of benzene rings is 3. The molecule has 0 bridgehead atoms. The number of phenolic OH excluding ortho intramolecular Hbond substituents is 1. The van der Waals surface area contributed by atoms with Crippen LogP contribution in [0, 0.1) is 12.7 Å². The van der Waals surface area contributed by atoms with Crippen LogP contribution in [0.2, 0.25) is 0 Å². The smallest absolute Gasteiger partial charge is 0.417 e. The van der Waals surface area contributed by atoms with Gasteiger partial charge in [0.05, 0.1) is 31.2 Å². The number of ether oxygens (including phenoxy) is 1. The zero-order chi connectivity index (χ0) is 29.0. The van der Waals surface area contributed by atoms with Crippen molar-refractivity contribution in [3.8, 4) is 16.9 Å². The average molecular weight is 567 g/mol. The highest BCUT2D eigenvalue weighted by Crippen LogP contribution is 2.39. The fraction of sp³-hybridized carbons (Fsp3) is 0.207. The summed E-state index contributed by atoms with van der Waals surface area (Å²) in [6.07, 6.45) is -1.97. The summed E-state index contributed by atoms with van der Waals surface area (Å²) in [7, 11) is 0. The Kier molecular flexibility index (Phi) is 8.02. The summed E-state index contributed by atoms with van der Waals surface area (Å²) >= 11 is 0. The molecule has 8 nitrogen and oxygen atoms in total. The summed E-state index contributed by atoms with van der Waals surface area (Å²) in [4.78, 5) is 9.93. The molecule has 4 aromatic rings. The number of nitrogens with zero attached hydrogens (tertiary/aromatic N) is 4. The number of phenols is 1. The molecule has 12 heteroatoms. The molecule has 41 heavy (non-hydrogen) atoms. The number of hydrogen-bond acceptors (Lipinski definition) is 8. The predicted molar refractivity (Wildman–Crippen MR) is 149 cm³/mol. The molecule has 0 unspecified atom stereocenters. The molecule has 1 aliphatic rings. The van der Waals surface area contributed by atoms with Crippen LogP contribution in [-0.4, -0.2) is 47.6 Å². The molecule has 5 rings (SSSR count). The molecule has 212 valence electrons. The van der Waals surface area contributed by atoms with Crippen LogP contribution in [0.1, 0.15) is 16.7 Å². The Morgan fingerprint density at radius 3 is 2.51 bits per heavy atom. The molecule has 3 aromatic carbocycles. The van der Waals surface area contributed by atoms with Crippen molar-refractivity contribution in [3.63, 3.8) is 0 Å². The largest absolute Gasteiger partial charge is 0.508 e. The number of aryl methyl sites for hydroxylation is 1. The number of aromatic hydroxyl groups is 1.